The molecule has 168 valence electrons. The molecule has 0 spiro atoms. The Morgan fingerprint density at radius 1 is 0.800 bits per heavy atom. The lowest BCUT2D eigenvalue weighted by Gasteiger charge is -2.03. The third kappa shape index (κ3) is 16.7. The van der Waals surface area contributed by atoms with Crippen molar-refractivity contribution >= 4 is 5.97 Å². The zero-order valence-electron chi connectivity index (χ0n) is 18.4. The lowest BCUT2D eigenvalue weighted by atomic mass is 10.1. The molecule has 0 aromatic heterocycles. The van der Waals surface area contributed by atoms with E-state index >= 15 is 0 Å². The minimum atomic E-state index is -0.933. The fourth-order valence-electron chi connectivity index (χ4n) is 2.60. The number of benzene rings is 2. The van der Waals surface area contributed by atoms with Crippen molar-refractivity contribution in [3.63, 3.8) is 0 Å². The van der Waals surface area contributed by atoms with Gasteiger partial charge in [0.05, 0.1) is 0 Å². The molecule has 0 radical (unpaired) electrons. The van der Waals surface area contributed by atoms with Gasteiger partial charge in [-0.2, -0.15) is 0 Å². The van der Waals surface area contributed by atoms with Crippen molar-refractivity contribution in [1.29, 1.82) is 0 Å². The molecule has 0 bridgehead atoms. The molecular formula is C24H40N4O2. The van der Waals surface area contributed by atoms with E-state index in [4.69, 9.17) is 28.0 Å². The molecule has 0 aliphatic heterocycles. The van der Waals surface area contributed by atoms with Gasteiger partial charge in [-0.25, -0.2) is 0 Å². The van der Waals surface area contributed by atoms with Gasteiger partial charge >= 0.3 is 5.97 Å². The molecule has 0 aliphatic rings. The fourth-order valence-corrected chi connectivity index (χ4v) is 2.60. The molecule has 6 nitrogen and oxygen atoms in total. The SMILES string of the molecule is CC(N)Cc1ccccc1.CC(N)Cc1ccccc1.NCCCCC(N)C(=O)O. The highest BCUT2D eigenvalue weighted by Gasteiger charge is 2.09. The minimum absolute atomic E-state index is 0.266. The lowest BCUT2D eigenvalue weighted by Crippen LogP contribution is -2.29. The topological polar surface area (TPSA) is 141 Å². The number of aliphatic carboxylic acids is 1. The highest BCUT2D eigenvalue weighted by molar-refractivity contribution is 5.72. The first-order chi connectivity index (χ1) is 14.3. The number of carboxylic acid groups (broad SMARTS) is 1. The van der Waals surface area contributed by atoms with Crippen molar-refractivity contribution in [1.82, 2.24) is 0 Å². The largest absolute Gasteiger partial charge is 0.480 e. The van der Waals surface area contributed by atoms with E-state index < -0.39 is 12.0 Å². The minimum Gasteiger partial charge on any atom is -0.480 e. The van der Waals surface area contributed by atoms with Crippen LogP contribution in [0.3, 0.4) is 0 Å². The summed E-state index contributed by atoms with van der Waals surface area (Å²) in [5.74, 6) is -0.933. The van der Waals surface area contributed by atoms with E-state index in [9.17, 15) is 4.79 Å². The van der Waals surface area contributed by atoms with E-state index in [1.165, 1.54) is 11.1 Å². The number of hydrogen-bond acceptors (Lipinski definition) is 5. The predicted molar refractivity (Wildman–Crippen MR) is 126 cm³/mol. The van der Waals surface area contributed by atoms with Gasteiger partial charge in [0.2, 0.25) is 0 Å². The smallest absolute Gasteiger partial charge is 0.320 e. The summed E-state index contributed by atoms with van der Waals surface area (Å²) in [4.78, 5) is 10.1. The Kier molecular flexibility index (Phi) is 16.3. The van der Waals surface area contributed by atoms with Crippen LogP contribution < -0.4 is 22.9 Å². The molecule has 0 fully saturated rings. The van der Waals surface area contributed by atoms with Gasteiger partial charge in [-0.3, -0.25) is 4.79 Å². The zero-order valence-corrected chi connectivity index (χ0v) is 18.4. The molecule has 3 unspecified atom stereocenters. The first-order valence-electron chi connectivity index (χ1n) is 10.5. The standard InChI is InChI=1S/2C9H13N.C6H14N2O2/c2*1-8(10)7-9-5-3-2-4-6-9;7-4-2-1-3-5(8)6(9)10/h2*2-6,8H,7,10H2,1H3;5H,1-4,7-8H2,(H,9,10). The molecule has 0 heterocycles. The van der Waals surface area contributed by atoms with Crippen LogP contribution in [0.4, 0.5) is 0 Å². The number of carbonyl (C=O) groups is 1. The van der Waals surface area contributed by atoms with Crippen LogP contribution in [0.25, 0.3) is 0 Å². The highest BCUT2D eigenvalue weighted by atomic mass is 16.4. The molecule has 2 aromatic carbocycles. The maximum Gasteiger partial charge on any atom is 0.320 e. The zero-order chi connectivity index (χ0) is 22.8. The molecule has 0 saturated carbocycles. The number of nitrogens with two attached hydrogens (primary N) is 4. The maximum atomic E-state index is 10.1. The van der Waals surface area contributed by atoms with Gasteiger partial charge in [-0.05, 0) is 57.2 Å². The van der Waals surface area contributed by atoms with Crippen LogP contribution in [0.5, 0.6) is 0 Å². The summed E-state index contributed by atoms with van der Waals surface area (Å²) in [6.07, 6.45) is 4.11. The van der Waals surface area contributed by atoms with Crippen LogP contribution in [0.1, 0.15) is 44.2 Å². The molecule has 9 N–H and O–H groups in total. The van der Waals surface area contributed by atoms with Crippen molar-refractivity contribution in [2.24, 2.45) is 22.9 Å². The normalized spacial score (nSPS) is 13.0. The van der Waals surface area contributed by atoms with Crippen LogP contribution in [-0.2, 0) is 17.6 Å². The molecule has 0 amide bonds. The fraction of sp³-hybridized carbons (Fsp3) is 0.458. The van der Waals surface area contributed by atoms with E-state index in [-0.39, 0.29) is 12.1 Å². The molecular weight excluding hydrogens is 376 g/mol. The number of hydrogen-bond donors (Lipinski definition) is 5. The van der Waals surface area contributed by atoms with Gasteiger partial charge in [0.1, 0.15) is 6.04 Å². The Labute approximate surface area is 181 Å². The molecule has 6 heteroatoms. The Balaban J connectivity index is 0.000000420. The summed E-state index contributed by atoms with van der Waals surface area (Å²) in [6.45, 7) is 4.65. The molecule has 3 atom stereocenters. The van der Waals surface area contributed by atoms with E-state index in [0.29, 0.717) is 13.0 Å². The van der Waals surface area contributed by atoms with E-state index in [1.807, 2.05) is 50.2 Å². The van der Waals surface area contributed by atoms with Gasteiger partial charge in [-0.1, -0.05) is 67.1 Å². The monoisotopic (exact) mass is 416 g/mol. The molecule has 2 aromatic rings. The van der Waals surface area contributed by atoms with E-state index in [0.717, 1.165) is 25.7 Å². The summed E-state index contributed by atoms with van der Waals surface area (Å²) < 4.78 is 0. The van der Waals surface area contributed by atoms with Crippen LogP contribution >= 0.6 is 0 Å². The number of unbranched alkanes of at least 4 members (excludes halogenated alkanes) is 1. The molecule has 2 rings (SSSR count). The molecule has 0 aliphatic carbocycles. The summed E-state index contributed by atoms with van der Waals surface area (Å²) in [5.41, 5.74) is 24.3. The van der Waals surface area contributed by atoms with Crippen LogP contribution in [0, 0.1) is 0 Å². The van der Waals surface area contributed by atoms with Crippen molar-refractivity contribution in [2.75, 3.05) is 6.54 Å². The van der Waals surface area contributed by atoms with Gasteiger partial charge < -0.3 is 28.0 Å². The third-order valence-electron chi connectivity index (χ3n) is 4.09. The Morgan fingerprint density at radius 3 is 1.50 bits per heavy atom. The number of carboxylic acids is 1. The second kappa shape index (κ2) is 17.6. The van der Waals surface area contributed by atoms with Crippen molar-refractivity contribution < 1.29 is 9.90 Å². The summed E-state index contributed by atoms with van der Waals surface area (Å²) in [7, 11) is 0. The van der Waals surface area contributed by atoms with Crippen molar-refractivity contribution in [3.8, 4) is 0 Å². The van der Waals surface area contributed by atoms with Gasteiger partial charge in [0.25, 0.3) is 0 Å². The summed E-state index contributed by atoms with van der Waals surface area (Å²) in [5, 5.41) is 8.33. The first-order valence-corrected chi connectivity index (χ1v) is 10.5. The average Bonchev–Trinajstić information content (AvgIpc) is 2.69. The lowest BCUT2D eigenvalue weighted by molar-refractivity contribution is -0.138. The van der Waals surface area contributed by atoms with Crippen molar-refractivity contribution in [3.05, 3.63) is 71.8 Å². The van der Waals surface area contributed by atoms with Crippen LogP contribution in [0.2, 0.25) is 0 Å². The average molecular weight is 417 g/mol. The van der Waals surface area contributed by atoms with Gasteiger partial charge in [0.15, 0.2) is 0 Å². The van der Waals surface area contributed by atoms with Crippen LogP contribution in [-0.4, -0.2) is 35.7 Å². The van der Waals surface area contributed by atoms with Crippen molar-refractivity contribution in [2.45, 2.75) is 64.1 Å². The van der Waals surface area contributed by atoms with Gasteiger partial charge in [-0.15, -0.1) is 0 Å². The van der Waals surface area contributed by atoms with E-state index in [1.54, 1.807) is 0 Å². The summed E-state index contributed by atoms with van der Waals surface area (Å²) in [6, 6.07) is 20.4. The third-order valence-corrected chi connectivity index (χ3v) is 4.09. The predicted octanol–water partition coefficient (Wildman–Crippen LogP) is 2.68. The van der Waals surface area contributed by atoms with Crippen LogP contribution in [0.15, 0.2) is 60.7 Å². The van der Waals surface area contributed by atoms with Gasteiger partial charge in [0, 0.05) is 12.1 Å². The second-order valence-corrected chi connectivity index (χ2v) is 7.56. The Bertz CT molecular complexity index is 603. The highest BCUT2D eigenvalue weighted by Crippen LogP contribution is 2.01. The molecule has 0 saturated heterocycles. The Hall–Kier alpha value is -2.25. The maximum absolute atomic E-state index is 10.1. The summed E-state index contributed by atoms with van der Waals surface area (Å²) >= 11 is 0. The number of rotatable bonds is 9. The van der Waals surface area contributed by atoms with E-state index in [2.05, 4.69) is 24.3 Å². The first kappa shape index (κ1) is 27.8. The quantitative estimate of drug-likeness (QED) is 0.398. The Morgan fingerprint density at radius 2 is 1.20 bits per heavy atom. The second-order valence-electron chi connectivity index (χ2n) is 7.56. The molecule has 30 heavy (non-hydrogen) atoms.